The molecule has 3 rings (SSSR count). The van der Waals surface area contributed by atoms with E-state index in [2.05, 4.69) is 26.3 Å². The fraction of sp³-hybridized carbons (Fsp3) is 0.357. The predicted octanol–water partition coefficient (Wildman–Crippen LogP) is 4.61. The van der Waals surface area contributed by atoms with E-state index in [1.165, 1.54) is 0 Å². The third-order valence-corrected chi connectivity index (χ3v) is 4.11. The number of nitrogens with one attached hydrogen (secondary N) is 1. The van der Waals surface area contributed by atoms with Gasteiger partial charge in [0.2, 0.25) is 0 Å². The first-order valence-electron chi connectivity index (χ1n) is 6.49. The molecule has 3 nitrogen and oxygen atoms in total. The highest BCUT2D eigenvalue weighted by Crippen LogP contribution is 2.43. The van der Waals surface area contributed by atoms with E-state index in [-0.39, 0.29) is 12.5 Å². The van der Waals surface area contributed by atoms with Crippen LogP contribution in [0, 0.1) is 6.92 Å². The molecule has 0 unspecified atom stereocenters. The van der Waals surface area contributed by atoms with Gasteiger partial charge in [-0.2, -0.15) is 18.3 Å². The molecule has 2 aromatic rings. The SMILES string of the molecule is Cc1cc2n(n1)[C@H](C(F)(F)F)C[C@@H](c1ccc(Br)cc1)N2. The molecule has 0 fully saturated rings. The van der Waals surface area contributed by atoms with Crippen molar-refractivity contribution >= 4 is 21.7 Å². The zero-order valence-corrected chi connectivity index (χ0v) is 12.7. The Morgan fingerprint density at radius 3 is 2.57 bits per heavy atom. The lowest BCUT2D eigenvalue weighted by molar-refractivity contribution is -0.173. The smallest absolute Gasteiger partial charge is 0.363 e. The molecule has 1 aliphatic heterocycles. The number of alkyl halides is 3. The fourth-order valence-corrected chi connectivity index (χ4v) is 2.87. The maximum absolute atomic E-state index is 13.3. The van der Waals surface area contributed by atoms with Gasteiger partial charge in [-0.15, -0.1) is 0 Å². The van der Waals surface area contributed by atoms with Crippen LogP contribution in [0.15, 0.2) is 34.8 Å². The van der Waals surface area contributed by atoms with E-state index in [0.717, 1.165) is 14.7 Å². The maximum Gasteiger partial charge on any atom is 0.410 e. The summed E-state index contributed by atoms with van der Waals surface area (Å²) in [5.41, 5.74) is 1.40. The van der Waals surface area contributed by atoms with Crippen molar-refractivity contribution in [3.8, 4) is 0 Å². The minimum atomic E-state index is -4.32. The third kappa shape index (κ3) is 2.79. The molecule has 0 radical (unpaired) electrons. The molecule has 0 saturated heterocycles. The molecule has 2 atom stereocenters. The highest BCUT2D eigenvalue weighted by molar-refractivity contribution is 9.10. The van der Waals surface area contributed by atoms with Gasteiger partial charge in [0.05, 0.1) is 11.7 Å². The molecule has 1 aliphatic rings. The molecule has 2 heterocycles. The van der Waals surface area contributed by atoms with Gasteiger partial charge in [0.1, 0.15) is 5.82 Å². The van der Waals surface area contributed by atoms with Gasteiger partial charge in [0, 0.05) is 17.0 Å². The molecule has 7 heteroatoms. The Bertz CT molecular complexity index is 648. The topological polar surface area (TPSA) is 29.9 Å². The van der Waals surface area contributed by atoms with Gasteiger partial charge >= 0.3 is 6.18 Å². The number of aryl methyl sites for hydroxylation is 1. The summed E-state index contributed by atoms with van der Waals surface area (Å²) in [7, 11) is 0. The molecule has 1 aromatic carbocycles. The monoisotopic (exact) mass is 359 g/mol. The maximum atomic E-state index is 13.3. The van der Waals surface area contributed by atoms with Crippen molar-refractivity contribution in [3.63, 3.8) is 0 Å². The summed E-state index contributed by atoms with van der Waals surface area (Å²) in [6, 6.07) is 6.98. The average Bonchev–Trinajstić information content (AvgIpc) is 2.77. The Morgan fingerprint density at radius 1 is 1.29 bits per heavy atom. The zero-order chi connectivity index (χ0) is 15.2. The van der Waals surface area contributed by atoms with E-state index < -0.39 is 12.2 Å². The first-order chi connectivity index (χ1) is 9.84. The van der Waals surface area contributed by atoms with Crippen LogP contribution in [-0.2, 0) is 0 Å². The molecule has 0 spiro atoms. The molecular weight excluding hydrogens is 347 g/mol. The van der Waals surface area contributed by atoms with E-state index in [4.69, 9.17) is 0 Å². The number of fused-ring (bicyclic) bond motifs is 1. The first-order valence-corrected chi connectivity index (χ1v) is 7.29. The summed E-state index contributed by atoms with van der Waals surface area (Å²) in [5.74, 6) is 0.411. The number of anilines is 1. The molecule has 112 valence electrons. The van der Waals surface area contributed by atoms with Crippen LogP contribution in [-0.4, -0.2) is 16.0 Å². The second-order valence-electron chi connectivity index (χ2n) is 5.16. The number of nitrogens with zero attached hydrogens (tertiary/aromatic N) is 2. The van der Waals surface area contributed by atoms with Gasteiger partial charge in [-0.3, -0.25) is 0 Å². The molecule has 21 heavy (non-hydrogen) atoms. The van der Waals surface area contributed by atoms with E-state index in [1.807, 2.05) is 24.3 Å². The normalized spacial score (nSPS) is 21.8. The van der Waals surface area contributed by atoms with Gasteiger partial charge in [0.25, 0.3) is 0 Å². The van der Waals surface area contributed by atoms with E-state index in [0.29, 0.717) is 11.5 Å². The highest BCUT2D eigenvalue weighted by Gasteiger charge is 2.46. The summed E-state index contributed by atoms with van der Waals surface area (Å²) < 4.78 is 41.8. The predicted molar refractivity (Wildman–Crippen MR) is 77.2 cm³/mol. The van der Waals surface area contributed by atoms with Crippen molar-refractivity contribution in [1.82, 2.24) is 9.78 Å². The fourth-order valence-electron chi connectivity index (χ4n) is 2.61. The summed E-state index contributed by atoms with van der Waals surface area (Å²) in [4.78, 5) is 0. The minimum Gasteiger partial charge on any atom is -0.363 e. The van der Waals surface area contributed by atoms with Crippen LogP contribution in [0.4, 0.5) is 19.0 Å². The van der Waals surface area contributed by atoms with Crippen molar-refractivity contribution in [3.05, 3.63) is 46.1 Å². The van der Waals surface area contributed by atoms with Crippen LogP contribution in [0.25, 0.3) is 0 Å². The van der Waals surface area contributed by atoms with Crippen LogP contribution in [0.3, 0.4) is 0 Å². The quantitative estimate of drug-likeness (QED) is 0.805. The second-order valence-corrected chi connectivity index (χ2v) is 6.07. The largest absolute Gasteiger partial charge is 0.410 e. The summed E-state index contributed by atoms with van der Waals surface area (Å²) in [5, 5.41) is 7.11. The van der Waals surface area contributed by atoms with Crippen LogP contribution in [0.1, 0.15) is 29.8 Å². The second kappa shape index (κ2) is 5.05. The van der Waals surface area contributed by atoms with Gasteiger partial charge in [0.15, 0.2) is 6.04 Å². The lowest BCUT2D eigenvalue weighted by atomic mass is 9.97. The van der Waals surface area contributed by atoms with Crippen molar-refractivity contribution in [2.45, 2.75) is 31.6 Å². The molecule has 0 aliphatic carbocycles. The summed E-state index contributed by atoms with van der Waals surface area (Å²) >= 11 is 3.33. The lowest BCUT2D eigenvalue weighted by Crippen LogP contribution is -2.35. The van der Waals surface area contributed by atoms with Gasteiger partial charge in [-0.1, -0.05) is 28.1 Å². The standard InChI is InChI=1S/C14H13BrF3N3/c1-8-6-13-19-11(9-2-4-10(15)5-3-9)7-12(14(16,17)18)21(13)20-8/h2-6,11-12,19H,7H2,1H3/t11-,12-/m0/s1. The number of halogens is 4. The highest BCUT2D eigenvalue weighted by atomic mass is 79.9. The van der Waals surface area contributed by atoms with Crippen molar-refractivity contribution in [2.24, 2.45) is 0 Å². The number of benzene rings is 1. The number of aromatic nitrogens is 2. The van der Waals surface area contributed by atoms with Crippen molar-refractivity contribution in [2.75, 3.05) is 5.32 Å². The Balaban J connectivity index is 1.98. The molecular formula is C14H13BrF3N3. The Labute approximate surface area is 128 Å². The lowest BCUT2D eigenvalue weighted by Gasteiger charge is -2.33. The molecule has 0 bridgehead atoms. The molecule has 0 saturated carbocycles. The molecule has 1 aromatic heterocycles. The first kappa shape index (κ1) is 14.4. The van der Waals surface area contributed by atoms with Crippen LogP contribution < -0.4 is 5.32 Å². The minimum absolute atomic E-state index is 0.0702. The van der Waals surface area contributed by atoms with Crippen LogP contribution in [0.2, 0.25) is 0 Å². The molecule has 1 N–H and O–H groups in total. The van der Waals surface area contributed by atoms with Crippen molar-refractivity contribution in [1.29, 1.82) is 0 Å². The summed E-state index contributed by atoms with van der Waals surface area (Å²) in [6.07, 6.45) is -4.39. The van der Waals surface area contributed by atoms with Gasteiger partial charge in [-0.05, 0) is 24.6 Å². The van der Waals surface area contributed by atoms with E-state index >= 15 is 0 Å². The van der Waals surface area contributed by atoms with E-state index in [9.17, 15) is 13.2 Å². The van der Waals surface area contributed by atoms with Crippen molar-refractivity contribution < 1.29 is 13.2 Å². The number of hydrogen-bond acceptors (Lipinski definition) is 2. The zero-order valence-electron chi connectivity index (χ0n) is 11.2. The Morgan fingerprint density at radius 2 is 1.95 bits per heavy atom. The van der Waals surface area contributed by atoms with Crippen LogP contribution >= 0.6 is 15.9 Å². The Hall–Kier alpha value is -1.50. The van der Waals surface area contributed by atoms with Crippen LogP contribution in [0.5, 0.6) is 0 Å². The van der Waals surface area contributed by atoms with Gasteiger partial charge in [-0.25, -0.2) is 4.68 Å². The number of hydrogen-bond donors (Lipinski definition) is 1. The molecule has 0 amide bonds. The van der Waals surface area contributed by atoms with Gasteiger partial charge < -0.3 is 5.32 Å². The third-order valence-electron chi connectivity index (χ3n) is 3.58. The summed E-state index contributed by atoms with van der Waals surface area (Å²) in [6.45, 7) is 1.69. The van der Waals surface area contributed by atoms with E-state index in [1.54, 1.807) is 13.0 Å². The number of rotatable bonds is 1. The average molecular weight is 360 g/mol. The Kier molecular flexibility index (Phi) is 3.47.